The van der Waals surface area contributed by atoms with Crippen molar-refractivity contribution in [2.24, 2.45) is 11.3 Å². The summed E-state index contributed by atoms with van der Waals surface area (Å²) in [5.41, 5.74) is -4.59. The minimum Gasteiger partial charge on any atom is -0.355 e. The fourth-order valence-electron chi connectivity index (χ4n) is 3.20. The molecule has 0 aromatic heterocycles. The van der Waals surface area contributed by atoms with Crippen LogP contribution in [0.4, 0.5) is 13.2 Å². The van der Waals surface area contributed by atoms with E-state index in [4.69, 9.17) is 0 Å². The van der Waals surface area contributed by atoms with Crippen LogP contribution in [0.1, 0.15) is 25.7 Å². The Morgan fingerprint density at radius 1 is 1.42 bits per heavy atom. The lowest BCUT2D eigenvalue weighted by Gasteiger charge is -2.37. The Labute approximate surface area is 115 Å². The molecule has 2 aliphatic rings. The highest BCUT2D eigenvalue weighted by molar-refractivity contribution is 8.00. The average Bonchev–Trinajstić information content (AvgIpc) is 2.78. The highest BCUT2D eigenvalue weighted by Crippen LogP contribution is 2.43. The van der Waals surface area contributed by atoms with Gasteiger partial charge in [-0.25, -0.2) is 0 Å². The summed E-state index contributed by atoms with van der Waals surface area (Å²) in [6, 6.07) is 0. The van der Waals surface area contributed by atoms with E-state index in [2.05, 4.69) is 10.6 Å². The van der Waals surface area contributed by atoms with Crippen LogP contribution < -0.4 is 10.6 Å². The van der Waals surface area contributed by atoms with Crippen molar-refractivity contribution in [3.8, 4) is 0 Å². The lowest BCUT2D eigenvalue weighted by molar-refractivity contribution is -0.133. The molecule has 1 saturated heterocycles. The fourth-order valence-corrected chi connectivity index (χ4v) is 3.63. The second kappa shape index (κ2) is 5.91. The van der Waals surface area contributed by atoms with Crippen LogP contribution in [0.2, 0.25) is 0 Å². The Kier molecular flexibility index (Phi) is 4.66. The molecule has 19 heavy (non-hydrogen) atoms. The summed E-state index contributed by atoms with van der Waals surface area (Å²) >= 11 is -0.0852. The Hall–Kier alpha value is -0.430. The first kappa shape index (κ1) is 15.0. The minimum atomic E-state index is -4.22. The van der Waals surface area contributed by atoms with Crippen molar-refractivity contribution < 1.29 is 18.0 Å². The molecule has 0 aromatic carbocycles. The van der Waals surface area contributed by atoms with Gasteiger partial charge in [0.15, 0.2) is 0 Å². The summed E-state index contributed by atoms with van der Waals surface area (Å²) in [4.78, 5) is 12.3. The van der Waals surface area contributed by atoms with E-state index >= 15 is 0 Å². The third-order valence-corrected chi connectivity index (χ3v) is 4.88. The van der Waals surface area contributed by atoms with Gasteiger partial charge < -0.3 is 10.6 Å². The van der Waals surface area contributed by atoms with Crippen molar-refractivity contribution in [1.82, 2.24) is 10.6 Å². The van der Waals surface area contributed by atoms with Gasteiger partial charge >= 0.3 is 5.51 Å². The minimum absolute atomic E-state index is 0.0648. The first-order valence-electron chi connectivity index (χ1n) is 6.64. The number of nitrogens with one attached hydrogen (secondary N) is 2. The molecular formula is C12H19F3N2OS. The molecule has 2 atom stereocenters. The summed E-state index contributed by atoms with van der Waals surface area (Å²) < 4.78 is 36.0. The molecule has 2 rings (SSSR count). The lowest BCUT2D eigenvalue weighted by Crippen LogP contribution is -2.48. The number of hydrogen-bond donors (Lipinski definition) is 2. The number of halogens is 3. The van der Waals surface area contributed by atoms with Crippen LogP contribution in [0.3, 0.4) is 0 Å². The molecule has 2 N–H and O–H groups in total. The number of rotatable bonds is 4. The molecule has 0 spiro atoms. The molecular weight excluding hydrogens is 277 g/mol. The van der Waals surface area contributed by atoms with Crippen molar-refractivity contribution in [1.29, 1.82) is 0 Å². The molecule has 2 fully saturated rings. The SMILES string of the molecule is O=C(NCCSC(F)(F)F)[C@@]12CCCC[C@H]1CNC2. The molecule has 1 amide bonds. The molecule has 0 radical (unpaired) electrons. The molecule has 1 aliphatic heterocycles. The number of carbonyl (C=O) groups is 1. The van der Waals surface area contributed by atoms with Crippen LogP contribution >= 0.6 is 11.8 Å². The van der Waals surface area contributed by atoms with Crippen LogP contribution in [0, 0.1) is 11.3 Å². The maximum atomic E-state index is 12.3. The van der Waals surface area contributed by atoms with Gasteiger partial charge in [-0.3, -0.25) is 4.79 Å². The summed E-state index contributed by atoms with van der Waals surface area (Å²) in [7, 11) is 0. The zero-order valence-corrected chi connectivity index (χ0v) is 11.5. The van der Waals surface area contributed by atoms with Gasteiger partial charge in [0.05, 0.1) is 5.41 Å². The number of amides is 1. The number of alkyl halides is 3. The van der Waals surface area contributed by atoms with Crippen LogP contribution in [0.5, 0.6) is 0 Å². The molecule has 1 heterocycles. The van der Waals surface area contributed by atoms with Crippen molar-refractivity contribution in [3.63, 3.8) is 0 Å². The number of hydrogen-bond acceptors (Lipinski definition) is 3. The third-order valence-electron chi connectivity index (χ3n) is 4.14. The molecule has 110 valence electrons. The highest BCUT2D eigenvalue weighted by atomic mass is 32.2. The Bertz CT molecular complexity index is 337. The second-order valence-electron chi connectivity index (χ2n) is 5.28. The summed E-state index contributed by atoms with van der Waals surface area (Å²) in [5, 5.41) is 5.94. The third kappa shape index (κ3) is 3.56. The predicted molar refractivity (Wildman–Crippen MR) is 68.8 cm³/mol. The maximum Gasteiger partial charge on any atom is 0.441 e. The fraction of sp³-hybridized carbons (Fsp3) is 0.917. The van der Waals surface area contributed by atoms with Gasteiger partial charge in [-0.15, -0.1) is 0 Å². The van der Waals surface area contributed by atoms with Crippen LogP contribution in [-0.4, -0.2) is 36.8 Å². The van der Waals surface area contributed by atoms with E-state index in [1.165, 1.54) is 0 Å². The summed E-state index contributed by atoms with van der Waals surface area (Å²) in [6.45, 7) is 1.60. The predicted octanol–water partition coefficient (Wildman–Crippen LogP) is 2.14. The van der Waals surface area contributed by atoms with E-state index < -0.39 is 5.51 Å². The van der Waals surface area contributed by atoms with Gasteiger partial charge in [0.1, 0.15) is 0 Å². The highest BCUT2D eigenvalue weighted by Gasteiger charge is 2.49. The molecule has 0 bridgehead atoms. The lowest BCUT2D eigenvalue weighted by atomic mass is 9.67. The van der Waals surface area contributed by atoms with E-state index in [9.17, 15) is 18.0 Å². The van der Waals surface area contributed by atoms with Gasteiger partial charge in [0.25, 0.3) is 0 Å². The topological polar surface area (TPSA) is 41.1 Å². The van der Waals surface area contributed by atoms with Crippen molar-refractivity contribution in [2.75, 3.05) is 25.4 Å². The summed E-state index contributed by atoms with van der Waals surface area (Å²) in [5.74, 6) is 0.158. The normalized spacial score (nSPS) is 31.0. The average molecular weight is 296 g/mol. The van der Waals surface area contributed by atoms with Gasteiger partial charge in [0, 0.05) is 18.8 Å². The van der Waals surface area contributed by atoms with E-state index in [0.29, 0.717) is 12.5 Å². The van der Waals surface area contributed by atoms with Gasteiger partial charge in [0.2, 0.25) is 5.91 Å². The van der Waals surface area contributed by atoms with Gasteiger partial charge in [-0.1, -0.05) is 12.8 Å². The van der Waals surface area contributed by atoms with Crippen molar-refractivity contribution in [3.05, 3.63) is 0 Å². The first-order chi connectivity index (χ1) is 8.94. The van der Waals surface area contributed by atoms with Crippen LogP contribution in [-0.2, 0) is 4.79 Å². The maximum absolute atomic E-state index is 12.3. The summed E-state index contributed by atoms with van der Waals surface area (Å²) in [6.07, 6.45) is 4.06. The van der Waals surface area contributed by atoms with Gasteiger partial charge in [-0.05, 0) is 37.1 Å². The Morgan fingerprint density at radius 3 is 2.95 bits per heavy atom. The molecule has 1 saturated carbocycles. The number of carbonyl (C=O) groups excluding carboxylic acids is 1. The zero-order valence-electron chi connectivity index (χ0n) is 10.7. The van der Waals surface area contributed by atoms with Crippen molar-refractivity contribution >= 4 is 17.7 Å². The van der Waals surface area contributed by atoms with E-state index in [0.717, 1.165) is 32.2 Å². The quantitative estimate of drug-likeness (QED) is 0.781. The second-order valence-corrected chi connectivity index (χ2v) is 6.44. The molecule has 1 aliphatic carbocycles. The van der Waals surface area contributed by atoms with E-state index in [-0.39, 0.29) is 35.4 Å². The Balaban J connectivity index is 1.82. The number of fused-ring (bicyclic) bond motifs is 1. The van der Waals surface area contributed by atoms with E-state index in [1.54, 1.807) is 0 Å². The van der Waals surface area contributed by atoms with E-state index in [1.807, 2.05) is 0 Å². The first-order valence-corrected chi connectivity index (χ1v) is 7.62. The molecule has 7 heteroatoms. The van der Waals surface area contributed by atoms with Crippen LogP contribution in [0.15, 0.2) is 0 Å². The smallest absolute Gasteiger partial charge is 0.355 e. The van der Waals surface area contributed by atoms with Gasteiger partial charge in [-0.2, -0.15) is 13.2 Å². The van der Waals surface area contributed by atoms with Crippen molar-refractivity contribution in [2.45, 2.75) is 31.2 Å². The monoisotopic (exact) mass is 296 g/mol. The van der Waals surface area contributed by atoms with Crippen LogP contribution in [0.25, 0.3) is 0 Å². The zero-order chi connectivity index (χ0) is 13.9. The number of thioether (sulfide) groups is 1. The molecule has 0 aromatic rings. The Morgan fingerprint density at radius 2 is 2.21 bits per heavy atom. The standard InChI is InChI=1S/C12H19F3N2OS/c13-12(14,15)19-6-5-17-10(18)11-4-2-1-3-9(11)7-16-8-11/h9,16H,1-8H2,(H,17,18)/t9-,11+/m0/s1. The largest absolute Gasteiger partial charge is 0.441 e. The molecule has 0 unspecified atom stereocenters. The molecule has 3 nitrogen and oxygen atoms in total.